The molecule has 3 rings (SSSR count). The van der Waals surface area contributed by atoms with Gasteiger partial charge in [0.2, 0.25) is 0 Å². The van der Waals surface area contributed by atoms with Crippen molar-refractivity contribution in [2.45, 2.75) is 23.5 Å². The zero-order valence-corrected chi connectivity index (χ0v) is 12.5. The maximum absolute atomic E-state index is 12.9. The second-order valence-electron chi connectivity index (χ2n) is 5.84. The molecule has 4 nitrogen and oxygen atoms in total. The van der Waals surface area contributed by atoms with Gasteiger partial charge in [-0.1, -0.05) is 17.7 Å². The fourth-order valence-corrected chi connectivity index (χ4v) is 5.20. The van der Waals surface area contributed by atoms with Gasteiger partial charge in [-0.3, -0.25) is 0 Å². The van der Waals surface area contributed by atoms with Crippen LogP contribution in [-0.2, 0) is 14.6 Å². The van der Waals surface area contributed by atoms with Gasteiger partial charge in [0.1, 0.15) is 0 Å². The molecule has 0 aromatic heterocycles. The van der Waals surface area contributed by atoms with Crippen LogP contribution in [0.5, 0.6) is 0 Å². The number of aryl methyl sites for hydroxylation is 1. The minimum absolute atomic E-state index is 0.170. The average molecular weight is 295 g/mol. The van der Waals surface area contributed by atoms with Crippen LogP contribution in [0.15, 0.2) is 29.2 Å². The van der Waals surface area contributed by atoms with Crippen molar-refractivity contribution in [2.24, 2.45) is 11.8 Å². The Morgan fingerprint density at radius 1 is 1.20 bits per heavy atom. The van der Waals surface area contributed by atoms with Crippen LogP contribution in [0.3, 0.4) is 0 Å². The number of ether oxygens (including phenoxy) is 1. The molecule has 1 aromatic carbocycles. The van der Waals surface area contributed by atoms with Crippen LogP contribution < -0.4 is 5.32 Å². The van der Waals surface area contributed by atoms with E-state index in [2.05, 4.69) is 5.32 Å². The van der Waals surface area contributed by atoms with Gasteiger partial charge in [0.25, 0.3) is 0 Å². The molecule has 2 aliphatic rings. The van der Waals surface area contributed by atoms with Crippen molar-refractivity contribution < 1.29 is 13.2 Å². The van der Waals surface area contributed by atoms with E-state index in [9.17, 15) is 8.42 Å². The molecule has 3 atom stereocenters. The standard InChI is InChI=1S/C15H21NO3S/c1-11-2-4-13(5-3-11)20(17,18)15-10-19-7-6-12-8-16-9-14(12)15/h2-5,12,14-16H,6-10H2,1H3. The number of hydrogen-bond donors (Lipinski definition) is 1. The minimum Gasteiger partial charge on any atom is -0.380 e. The van der Waals surface area contributed by atoms with Gasteiger partial charge in [0.05, 0.1) is 16.8 Å². The van der Waals surface area contributed by atoms with E-state index in [-0.39, 0.29) is 5.92 Å². The SMILES string of the molecule is Cc1ccc(S(=O)(=O)C2COCCC3CNCC32)cc1. The summed E-state index contributed by atoms with van der Waals surface area (Å²) in [6.07, 6.45) is 0.956. The maximum Gasteiger partial charge on any atom is 0.183 e. The lowest BCUT2D eigenvalue weighted by atomic mass is 9.91. The second kappa shape index (κ2) is 5.47. The molecule has 5 heteroatoms. The molecule has 2 aliphatic heterocycles. The first-order valence-electron chi connectivity index (χ1n) is 7.18. The summed E-state index contributed by atoms with van der Waals surface area (Å²) >= 11 is 0. The van der Waals surface area contributed by atoms with E-state index in [1.54, 1.807) is 12.1 Å². The lowest BCUT2D eigenvalue weighted by molar-refractivity contribution is 0.140. The normalized spacial score (nSPS) is 30.8. The highest BCUT2D eigenvalue weighted by molar-refractivity contribution is 7.92. The van der Waals surface area contributed by atoms with Crippen LogP contribution in [0.25, 0.3) is 0 Å². The number of rotatable bonds is 2. The summed E-state index contributed by atoms with van der Waals surface area (Å²) in [5, 5.41) is 2.91. The van der Waals surface area contributed by atoms with Gasteiger partial charge < -0.3 is 10.1 Å². The Labute approximate surface area is 120 Å². The third kappa shape index (κ3) is 2.50. The lowest BCUT2D eigenvalue weighted by Crippen LogP contribution is -2.36. The maximum atomic E-state index is 12.9. The summed E-state index contributed by atoms with van der Waals surface area (Å²) < 4.78 is 31.3. The average Bonchev–Trinajstić information content (AvgIpc) is 2.78. The van der Waals surface area contributed by atoms with Crippen LogP contribution in [-0.4, -0.2) is 40.0 Å². The van der Waals surface area contributed by atoms with Gasteiger partial charge in [-0.05, 0) is 50.4 Å². The molecule has 0 bridgehead atoms. The monoisotopic (exact) mass is 295 g/mol. The van der Waals surface area contributed by atoms with Crippen molar-refractivity contribution in [3.8, 4) is 0 Å². The predicted molar refractivity (Wildman–Crippen MR) is 77.4 cm³/mol. The fraction of sp³-hybridized carbons (Fsp3) is 0.600. The van der Waals surface area contributed by atoms with E-state index in [4.69, 9.17) is 4.74 Å². The zero-order chi connectivity index (χ0) is 14.2. The van der Waals surface area contributed by atoms with Gasteiger partial charge in [0, 0.05) is 6.61 Å². The van der Waals surface area contributed by atoms with Crippen molar-refractivity contribution in [3.63, 3.8) is 0 Å². The van der Waals surface area contributed by atoms with Crippen molar-refractivity contribution >= 4 is 9.84 Å². The molecule has 0 spiro atoms. The fourth-order valence-electron chi connectivity index (χ4n) is 3.28. The highest BCUT2D eigenvalue weighted by Gasteiger charge is 2.42. The Bertz CT molecular complexity index is 567. The van der Waals surface area contributed by atoms with Crippen LogP contribution in [0.1, 0.15) is 12.0 Å². The quantitative estimate of drug-likeness (QED) is 0.896. The summed E-state index contributed by atoms with van der Waals surface area (Å²) in [5.74, 6) is 0.589. The van der Waals surface area contributed by atoms with Gasteiger partial charge in [-0.15, -0.1) is 0 Å². The van der Waals surface area contributed by atoms with Crippen LogP contribution in [0, 0.1) is 18.8 Å². The predicted octanol–water partition coefficient (Wildman–Crippen LogP) is 1.39. The van der Waals surface area contributed by atoms with Gasteiger partial charge >= 0.3 is 0 Å². The molecule has 3 unspecified atom stereocenters. The van der Waals surface area contributed by atoms with E-state index >= 15 is 0 Å². The number of benzene rings is 1. The second-order valence-corrected chi connectivity index (χ2v) is 8.01. The first-order valence-corrected chi connectivity index (χ1v) is 8.72. The zero-order valence-electron chi connectivity index (χ0n) is 11.7. The Morgan fingerprint density at radius 3 is 2.70 bits per heavy atom. The number of nitrogens with one attached hydrogen (secondary N) is 1. The molecule has 1 N–H and O–H groups in total. The summed E-state index contributed by atoms with van der Waals surface area (Å²) in [4.78, 5) is 0.421. The van der Waals surface area contributed by atoms with E-state index in [1.165, 1.54) is 0 Å². The molecule has 2 heterocycles. The Balaban J connectivity index is 1.94. The molecule has 0 saturated carbocycles. The Kier molecular flexibility index (Phi) is 3.84. The highest BCUT2D eigenvalue weighted by Crippen LogP contribution is 2.33. The molecule has 2 fully saturated rings. The minimum atomic E-state index is -3.32. The van der Waals surface area contributed by atoms with Crippen LogP contribution >= 0.6 is 0 Å². The summed E-state index contributed by atoms with van der Waals surface area (Å²) in [5.41, 5.74) is 1.07. The van der Waals surface area contributed by atoms with Crippen molar-refractivity contribution in [3.05, 3.63) is 29.8 Å². The molecular formula is C15H21NO3S. The van der Waals surface area contributed by atoms with Gasteiger partial charge in [-0.25, -0.2) is 8.42 Å². The van der Waals surface area contributed by atoms with E-state index in [1.807, 2.05) is 19.1 Å². The molecule has 110 valence electrons. The molecule has 0 amide bonds. The Hall–Kier alpha value is -0.910. The smallest absolute Gasteiger partial charge is 0.183 e. The molecule has 2 saturated heterocycles. The molecular weight excluding hydrogens is 274 g/mol. The number of sulfone groups is 1. The van der Waals surface area contributed by atoms with Crippen molar-refractivity contribution in [1.82, 2.24) is 5.32 Å². The van der Waals surface area contributed by atoms with Crippen LogP contribution in [0.2, 0.25) is 0 Å². The van der Waals surface area contributed by atoms with Crippen LogP contribution in [0.4, 0.5) is 0 Å². The highest BCUT2D eigenvalue weighted by atomic mass is 32.2. The van der Waals surface area contributed by atoms with Gasteiger partial charge in [0.15, 0.2) is 9.84 Å². The topological polar surface area (TPSA) is 55.4 Å². The molecule has 20 heavy (non-hydrogen) atoms. The summed E-state index contributed by atoms with van der Waals surface area (Å²) in [6, 6.07) is 7.14. The van der Waals surface area contributed by atoms with E-state index in [0.29, 0.717) is 24.0 Å². The van der Waals surface area contributed by atoms with Gasteiger partial charge in [-0.2, -0.15) is 0 Å². The number of fused-ring (bicyclic) bond motifs is 1. The molecule has 0 aliphatic carbocycles. The molecule has 1 aromatic rings. The van der Waals surface area contributed by atoms with E-state index in [0.717, 1.165) is 25.1 Å². The van der Waals surface area contributed by atoms with Crippen molar-refractivity contribution in [1.29, 1.82) is 0 Å². The third-order valence-corrected chi connectivity index (χ3v) is 6.74. The first kappa shape index (κ1) is 14.0. The van der Waals surface area contributed by atoms with E-state index < -0.39 is 15.1 Å². The largest absolute Gasteiger partial charge is 0.380 e. The lowest BCUT2D eigenvalue weighted by Gasteiger charge is -2.24. The third-order valence-electron chi connectivity index (χ3n) is 4.53. The Morgan fingerprint density at radius 2 is 1.95 bits per heavy atom. The summed E-state index contributed by atoms with van der Waals surface area (Å²) in [6.45, 7) is 4.64. The first-order chi connectivity index (χ1) is 9.59. The van der Waals surface area contributed by atoms with Crippen molar-refractivity contribution in [2.75, 3.05) is 26.3 Å². The summed E-state index contributed by atoms with van der Waals surface area (Å²) in [7, 11) is -3.32. The molecule has 0 radical (unpaired) electrons. The number of hydrogen-bond acceptors (Lipinski definition) is 4.